The van der Waals surface area contributed by atoms with Gasteiger partial charge in [-0.1, -0.05) is 32.1 Å². The first-order valence-corrected chi connectivity index (χ1v) is 3.74. The summed E-state index contributed by atoms with van der Waals surface area (Å²) in [4.78, 5) is 1.02. The monoisotopic (exact) mass is 144 g/mol. The zero-order valence-electron chi connectivity index (χ0n) is 6.68. The molecule has 0 bridgehead atoms. The molecule has 0 aliphatic carbocycles. The van der Waals surface area contributed by atoms with Crippen molar-refractivity contribution < 1.29 is 0 Å². The van der Waals surface area contributed by atoms with Gasteiger partial charge in [-0.15, -0.1) is 12.6 Å². The van der Waals surface area contributed by atoms with E-state index in [9.17, 15) is 0 Å². The molecule has 0 aromatic heterocycles. The molecule has 0 heterocycles. The molecular formula is C8H16S. The van der Waals surface area contributed by atoms with Crippen molar-refractivity contribution >= 4 is 12.6 Å². The van der Waals surface area contributed by atoms with Crippen molar-refractivity contribution in [3.05, 3.63) is 23.1 Å². The van der Waals surface area contributed by atoms with Crippen LogP contribution in [0.1, 0.15) is 27.7 Å². The van der Waals surface area contributed by atoms with E-state index in [1.807, 2.05) is 45.9 Å². The second-order valence-corrected chi connectivity index (χ2v) is 1.73. The Labute approximate surface area is 64.1 Å². The summed E-state index contributed by atoms with van der Waals surface area (Å²) in [6.07, 6.45) is 5.86. The second kappa shape index (κ2) is 10.7. The topological polar surface area (TPSA) is 0 Å². The summed E-state index contributed by atoms with van der Waals surface area (Å²) >= 11 is 4.08. The molecule has 0 saturated carbocycles. The highest BCUT2D eigenvalue weighted by atomic mass is 32.1. The first-order valence-electron chi connectivity index (χ1n) is 3.29. The van der Waals surface area contributed by atoms with Crippen LogP contribution in [0.15, 0.2) is 23.1 Å². The average Bonchev–Trinajstić information content (AvgIpc) is 1.93. The summed E-state index contributed by atoms with van der Waals surface area (Å²) in [5, 5.41) is 0. The Hall–Kier alpha value is -0.170. The molecule has 0 aromatic rings. The van der Waals surface area contributed by atoms with Crippen LogP contribution in [0, 0.1) is 0 Å². The van der Waals surface area contributed by atoms with Gasteiger partial charge in [0, 0.05) is 0 Å². The van der Waals surface area contributed by atoms with E-state index < -0.39 is 0 Å². The molecule has 0 aromatic carbocycles. The van der Waals surface area contributed by atoms with E-state index in [0.717, 1.165) is 4.91 Å². The van der Waals surface area contributed by atoms with Gasteiger partial charge < -0.3 is 0 Å². The molecule has 0 radical (unpaired) electrons. The van der Waals surface area contributed by atoms with E-state index >= 15 is 0 Å². The van der Waals surface area contributed by atoms with Crippen LogP contribution in [0.5, 0.6) is 0 Å². The molecule has 0 unspecified atom stereocenters. The standard InChI is InChI=1S/C6H10S.C2H6/c1-3-5-6(7)4-2;1-2/h3-5,7H,1-2H3;1-2H3/b5-3-,6-4+;. The second-order valence-electron chi connectivity index (χ2n) is 1.21. The van der Waals surface area contributed by atoms with Crippen LogP contribution >= 0.6 is 12.6 Å². The summed E-state index contributed by atoms with van der Waals surface area (Å²) in [7, 11) is 0. The Morgan fingerprint density at radius 2 is 1.67 bits per heavy atom. The molecule has 1 heteroatoms. The van der Waals surface area contributed by atoms with Gasteiger partial charge in [0.05, 0.1) is 0 Å². The maximum Gasteiger partial charge on any atom is -0.000606 e. The third-order valence-corrected chi connectivity index (χ3v) is 1.04. The lowest BCUT2D eigenvalue weighted by molar-refractivity contribution is 1.50. The normalized spacial score (nSPS) is 11.0. The molecule has 0 aliphatic heterocycles. The van der Waals surface area contributed by atoms with Gasteiger partial charge in [-0.2, -0.15) is 0 Å². The minimum absolute atomic E-state index is 1.02. The lowest BCUT2D eigenvalue weighted by Gasteiger charge is -1.80. The first-order chi connectivity index (χ1) is 4.31. The molecule has 0 rings (SSSR count). The van der Waals surface area contributed by atoms with Gasteiger partial charge in [-0.05, 0) is 18.8 Å². The molecular weight excluding hydrogens is 128 g/mol. The van der Waals surface area contributed by atoms with Crippen molar-refractivity contribution in [3.63, 3.8) is 0 Å². The molecule has 0 nitrogen and oxygen atoms in total. The number of thiol groups is 1. The van der Waals surface area contributed by atoms with Crippen molar-refractivity contribution in [2.24, 2.45) is 0 Å². The van der Waals surface area contributed by atoms with Gasteiger partial charge >= 0.3 is 0 Å². The van der Waals surface area contributed by atoms with E-state index in [2.05, 4.69) is 12.6 Å². The molecule has 9 heavy (non-hydrogen) atoms. The highest BCUT2D eigenvalue weighted by molar-refractivity contribution is 7.84. The first kappa shape index (κ1) is 11.6. The lowest BCUT2D eigenvalue weighted by Crippen LogP contribution is -1.55. The summed E-state index contributed by atoms with van der Waals surface area (Å²) < 4.78 is 0. The van der Waals surface area contributed by atoms with Crippen molar-refractivity contribution in [2.75, 3.05) is 0 Å². The molecule has 0 spiro atoms. The Kier molecular flexibility index (Phi) is 13.9. The predicted octanol–water partition coefficient (Wildman–Crippen LogP) is 3.42. The van der Waals surface area contributed by atoms with E-state index in [1.54, 1.807) is 0 Å². The Bertz CT molecular complexity index is 90.7. The van der Waals surface area contributed by atoms with E-state index in [-0.39, 0.29) is 0 Å². The quantitative estimate of drug-likeness (QED) is 0.423. The third kappa shape index (κ3) is 11.4. The average molecular weight is 144 g/mol. The fourth-order valence-electron chi connectivity index (χ4n) is 0.267. The molecule has 0 N–H and O–H groups in total. The predicted molar refractivity (Wildman–Crippen MR) is 48.9 cm³/mol. The summed E-state index contributed by atoms with van der Waals surface area (Å²) in [5.74, 6) is 0. The molecule has 0 amide bonds. The van der Waals surface area contributed by atoms with Crippen molar-refractivity contribution in [3.8, 4) is 0 Å². The number of hydrogen-bond acceptors (Lipinski definition) is 1. The number of hydrogen-bond donors (Lipinski definition) is 1. The Morgan fingerprint density at radius 1 is 1.22 bits per heavy atom. The largest absolute Gasteiger partial charge is 0.144 e. The minimum atomic E-state index is 1.02. The highest BCUT2D eigenvalue weighted by Gasteiger charge is 1.70. The lowest BCUT2D eigenvalue weighted by atomic mass is 10.4. The zero-order valence-corrected chi connectivity index (χ0v) is 7.57. The maximum atomic E-state index is 4.08. The zero-order chi connectivity index (χ0) is 7.70. The smallest absolute Gasteiger partial charge is 0.000606 e. The molecule has 0 saturated heterocycles. The van der Waals surface area contributed by atoms with E-state index in [0.29, 0.717) is 0 Å². The van der Waals surface area contributed by atoms with Crippen molar-refractivity contribution in [1.29, 1.82) is 0 Å². The van der Waals surface area contributed by atoms with Crippen LogP contribution in [0.2, 0.25) is 0 Å². The number of allylic oxidation sites excluding steroid dienone is 3. The Morgan fingerprint density at radius 3 is 1.78 bits per heavy atom. The molecule has 0 atom stereocenters. The van der Waals surface area contributed by atoms with Crippen molar-refractivity contribution in [1.82, 2.24) is 0 Å². The van der Waals surface area contributed by atoms with Gasteiger partial charge in [-0.3, -0.25) is 0 Å². The van der Waals surface area contributed by atoms with Gasteiger partial charge in [-0.25, -0.2) is 0 Å². The van der Waals surface area contributed by atoms with Gasteiger partial charge in [0.25, 0.3) is 0 Å². The summed E-state index contributed by atoms with van der Waals surface area (Å²) in [6.45, 7) is 7.93. The van der Waals surface area contributed by atoms with Crippen LogP contribution in [0.3, 0.4) is 0 Å². The number of rotatable bonds is 1. The molecule has 0 aliphatic rings. The third-order valence-electron chi connectivity index (χ3n) is 0.633. The van der Waals surface area contributed by atoms with Gasteiger partial charge in [0.1, 0.15) is 0 Å². The fourth-order valence-corrected chi connectivity index (χ4v) is 0.416. The summed E-state index contributed by atoms with van der Waals surface area (Å²) in [6, 6.07) is 0. The van der Waals surface area contributed by atoms with Crippen LogP contribution in [0.25, 0.3) is 0 Å². The minimum Gasteiger partial charge on any atom is -0.144 e. The van der Waals surface area contributed by atoms with Crippen LogP contribution < -0.4 is 0 Å². The fraction of sp³-hybridized carbons (Fsp3) is 0.500. The Balaban J connectivity index is 0. The van der Waals surface area contributed by atoms with Crippen LogP contribution in [0.4, 0.5) is 0 Å². The van der Waals surface area contributed by atoms with E-state index in [1.165, 1.54) is 0 Å². The SMILES string of the molecule is C/C=C\C(S)=C/C.CC. The maximum absolute atomic E-state index is 4.08. The van der Waals surface area contributed by atoms with Crippen molar-refractivity contribution in [2.45, 2.75) is 27.7 Å². The van der Waals surface area contributed by atoms with Gasteiger partial charge in [0.15, 0.2) is 0 Å². The van der Waals surface area contributed by atoms with Gasteiger partial charge in [0.2, 0.25) is 0 Å². The van der Waals surface area contributed by atoms with E-state index in [4.69, 9.17) is 0 Å². The molecule has 0 fully saturated rings. The highest BCUT2D eigenvalue weighted by Crippen LogP contribution is 1.99. The summed E-state index contributed by atoms with van der Waals surface area (Å²) in [5.41, 5.74) is 0. The molecule has 54 valence electrons. The van der Waals surface area contributed by atoms with Crippen LogP contribution in [-0.4, -0.2) is 0 Å². The van der Waals surface area contributed by atoms with Crippen LogP contribution in [-0.2, 0) is 0 Å².